The highest BCUT2D eigenvalue weighted by Crippen LogP contribution is 2.27. The van der Waals surface area contributed by atoms with Crippen molar-refractivity contribution in [2.24, 2.45) is 0 Å². The Morgan fingerprint density at radius 3 is 2.70 bits per heavy atom. The van der Waals surface area contributed by atoms with Gasteiger partial charge in [0.1, 0.15) is 17.0 Å². The fourth-order valence-corrected chi connectivity index (χ4v) is 3.60. The van der Waals surface area contributed by atoms with Gasteiger partial charge in [-0.05, 0) is 29.1 Å². The summed E-state index contributed by atoms with van der Waals surface area (Å²) in [5.74, 6) is -0.378. The maximum absolute atomic E-state index is 12.7. The number of hydrogen-bond acceptors (Lipinski definition) is 6. The average molecular weight is 421 g/mol. The van der Waals surface area contributed by atoms with E-state index >= 15 is 0 Å². The Bertz CT molecular complexity index is 1100. The lowest BCUT2D eigenvalue weighted by Crippen LogP contribution is -2.28. The molecular formula is C22H19N3O4S. The second-order valence-electron chi connectivity index (χ2n) is 6.48. The predicted octanol–water partition coefficient (Wildman–Crippen LogP) is 3.73. The topological polar surface area (TPSA) is 86.4 Å². The van der Waals surface area contributed by atoms with Crippen LogP contribution in [0.1, 0.15) is 21.7 Å². The molecule has 7 nitrogen and oxygen atoms in total. The zero-order valence-electron chi connectivity index (χ0n) is 16.0. The van der Waals surface area contributed by atoms with E-state index in [0.717, 1.165) is 10.4 Å². The van der Waals surface area contributed by atoms with Gasteiger partial charge in [0.15, 0.2) is 6.61 Å². The molecule has 0 fully saturated rings. The third kappa shape index (κ3) is 4.84. The van der Waals surface area contributed by atoms with Crippen LogP contribution in [0.3, 0.4) is 0 Å². The molecule has 0 bridgehead atoms. The van der Waals surface area contributed by atoms with E-state index in [1.54, 1.807) is 23.0 Å². The number of carbonyl (C=O) groups is 2. The van der Waals surface area contributed by atoms with E-state index in [0.29, 0.717) is 23.6 Å². The molecule has 1 N–H and O–H groups in total. The summed E-state index contributed by atoms with van der Waals surface area (Å²) >= 11 is 1.48. The third-order valence-corrected chi connectivity index (χ3v) is 5.17. The number of rotatable bonds is 8. The van der Waals surface area contributed by atoms with Gasteiger partial charge in [0.05, 0.1) is 24.2 Å². The molecular weight excluding hydrogens is 402 g/mol. The first-order valence-electron chi connectivity index (χ1n) is 9.30. The maximum atomic E-state index is 12.7. The van der Waals surface area contributed by atoms with Gasteiger partial charge >= 0.3 is 5.97 Å². The lowest BCUT2D eigenvalue weighted by molar-refractivity contribution is -0.124. The highest BCUT2D eigenvalue weighted by Gasteiger charge is 2.21. The standard InChI is InChI=1S/C22H19N3O4S/c26-20(23-12-17-8-4-10-28-17)15-29-22(27)18-14-25(13-16-6-2-1-3-7-16)24-21(18)19-9-5-11-30-19/h1-11,14H,12-13,15H2,(H,23,26). The lowest BCUT2D eigenvalue weighted by atomic mass is 10.2. The highest BCUT2D eigenvalue weighted by atomic mass is 32.1. The minimum absolute atomic E-state index is 0.235. The summed E-state index contributed by atoms with van der Waals surface area (Å²) in [5, 5.41) is 9.14. The zero-order chi connectivity index (χ0) is 20.8. The number of hydrogen-bond donors (Lipinski definition) is 1. The molecule has 0 unspecified atom stereocenters. The van der Waals surface area contributed by atoms with E-state index in [1.165, 1.54) is 17.6 Å². The number of amides is 1. The SMILES string of the molecule is O=C(COC(=O)c1cn(Cc2ccccc2)nc1-c1cccs1)NCc1ccco1. The number of thiophene rings is 1. The van der Waals surface area contributed by atoms with Gasteiger partial charge in [-0.25, -0.2) is 4.79 Å². The second-order valence-corrected chi connectivity index (χ2v) is 7.43. The van der Waals surface area contributed by atoms with Gasteiger partial charge in [-0.15, -0.1) is 11.3 Å². The molecule has 1 amide bonds. The van der Waals surface area contributed by atoms with Crippen LogP contribution in [0, 0.1) is 0 Å². The number of nitrogens with zero attached hydrogens (tertiary/aromatic N) is 2. The molecule has 3 heterocycles. The number of nitrogens with one attached hydrogen (secondary N) is 1. The quantitative estimate of drug-likeness (QED) is 0.438. The van der Waals surface area contributed by atoms with Crippen molar-refractivity contribution in [3.8, 4) is 10.6 Å². The van der Waals surface area contributed by atoms with Crippen LogP contribution in [-0.4, -0.2) is 28.3 Å². The normalized spacial score (nSPS) is 10.7. The smallest absolute Gasteiger partial charge is 0.342 e. The van der Waals surface area contributed by atoms with Gasteiger partial charge in [-0.1, -0.05) is 36.4 Å². The molecule has 0 aliphatic heterocycles. The van der Waals surface area contributed by atoms with Gasteiger partial charge in [0, 0.05) is 6.20 Å². The van der Waals surface area contributed by atoms with Crippen LogP contribution in [0.4, 0.5) is 0 Å². The highest BCUT2D eigenvalue weighted by molar-refractivity contribution is 7.13. The Hall–Kier alpha value is -3.65. The number of carbonyl (C=O) groups excluding carboxylic acids is 2. The molecule has 0 saturated carbocycles. The van der Waals surface area contributed by atoms with E-state index in [-0.39, 0.29) is 13.2 Å². The average Bonchev–Trinajstić information content (AvgIpc) is 3.53. The fraction of sp³-hybridized carbons (Fsp3) is 0.136. The van der Waals surface area contributed by atoms with Gasteiger partial charge in [0.2, 0.25) is 0 Å². The van der Waals surface area contributed by atoms with Crippen molar-refractivity contribution in [1.82, 2.24) is 15.1 Å². The largest absolute Gasteiger partial charge is 0.467 e. The lowest BCUT2D eigenvalue weighted by Gasteiger charge is -2.05. The third-order valence-electron chi connectivity index (χ3n) is 4.30. The summed E-state index contributed by atoms with van der Waals surface area (Å²) in [7, 11) is 0. The Morgan fingerprint density at radius 1 is 1.10 bits per heavy atom. The van der Waals surface area contributed by atoms with Crippen LogP contribution in [0.2, 0.25) is 0 Å². The van der Waals surface area contributed by atoms with E-state index in [9.17, 15) is 9.59 Å². The first kappa shape index (κ1) is 19.7. The molecule has 0 aliphatic carbocycles. The maximum Gasteiger partial charge on any atom is 0.342 e. The fourth-order valence-electron chi connectivity index (χ4n) is 2.88. The van der Waals surface area contributed by atoms with Crippen molar-refractivity contribution in [2.45, 2.75) is 13.1 Å². The van der Waals surface area contributed by atoms with Crippen LogP contribution < -0.4 is 5.32 Å². The molecule has 8 heteroatoms. The molecule has 1 aromatic carbocycles. The van der Waals surface area contributed by atoms with E-state index in [4.69, 9.17) is 9.15 Å². The summed E-state index contributed by atoms with van der Waals surface area (Å²) in [5.41, 5.74) is 1.93. The van der Waals surface area contributed by atoms with Crippen molar-refractivity contribution in [1.29, 1.82) is 0 Å². The van der Waals surface area contributed by atoms with E-state index in [2.05, 4.69) is 10.4 Å². The molecule has 0 aliphatic rings. The molecule has 30 heavy (non-hydrogen) atoms. The van der Waals surface area contributed by atoms with Crippen molar-refractivity contribution in [3.05, 3.63) is 89.3 Å². The summed E-state index contributed by atoms with van der Waals surface area (Å²) in [6, 6.07) is 17.1. The summed E-state index contributed by atoms with van der Waals surface area (Å²) in [6.07, 6.45) is 3.19. The molecule has 0 spiro atoms. The molecule has 3 aromatic heterocycles. The van der Waals surface area contributed by atoms with Crippen LogP contribution in [0.25, 0.3) is 10.6 Å². The van der Waals surface area contributed by atoms with Crippen molar-refractivity contribution >= 4 is 23.2 Å². The van der Waals surface area contributed by atoms with Gasteiger partial charge in [-0.3, -0.25) is 9.48 Å². The molecule has 4 rings (SSSR count). The molecule has 0 saturated heterocycles. The van der Waals surface area contributed by atoms with Gasteiger partial charge < -0.3 is 14.5 Å². The molecule has 152 valence electrons. The van der Waals surface area contributed by atoms with Crippen LogP contribution in [0.5, 0.6) is 0 Å². The van der Waals surface area contributed by atoms with Gasteiger partial charge in [-0.2, -0.15) is 5.10 Å². The summed E-state index contributed by atoms with van der Waals surface area (Å²) in [4.78, 5) is 25.5. The summed E-state index contributed by atoms with van der Waals surface area (Å²) in [6.45, 7) is 0.377. The summed E-state index contributed by atoms with van der Waals surface area (Å²) < 4.78 is 12.1. The number of benzene rings is 1. The minimum atomic E-state index is -0.592. The van der Waals surface area contributed by atoms with E-state index < -0.39 is 11.9 Å². The monoisotopic (exact) mass is 421 g/mol. The van der Waals surface area contributed by atoms with Crippen molar-refractivity contribution < 1.29 is 18.7 Å². The molecule has 4 aromatic rings. The second kappa shape index (κ2) is 9.23. The number of furan rings is 1. The van der Waals surface area contributed by atoms with Crippen LogP contribution in [0.15, 0.2) is 76.9 Å². The number of ether oxygens (including phenoxy) is 1. The predicted molar refractivity (Wildman–Crippen MR) is 112 cm³/mol. The number of esters is 1. The minimum Gasteiger partial charge on any atom is -0.467 e. The van der Waals surface area contributed by atoms with Crippen molar-refractivity contribution in [3.63, 3.8) is 0 Å². The Kier molecular flexibility index (Phi) is 6.05. The number of aromatic nitrogens is 2. The van der Waals surface area contributed by atoms with Crippen molar-refractivity contribution in [2.75, 3.05) is 6.61 Å². The first-order valence-corrected chi connectivity index (χ1v) is 10.2. The van der Waals surface area contributed by atoms with Gasteiger partial charge in [0.25, 0.3) is 5.91 Å². The Morgan fingerprint density at radius 2 is 1.97 bits per heavy atom. The first-order chi connectivity index (χ1) is 14.7. The van der Waals surface area contributed by atoms with Crippen LogP contribution in [-0.2, 0) is 22.6 Å². The van der Waals surface area contributed by atoms with Crippen LogP contribution >= 0.6 is 11.3 Å². The molecule has 0 radical (unpaired) electrons. The zero-order valence-corrected chi connectivity index (χ0v) is 16.8. The van der Waals surface area contributed by atoms with E-state index in [1.807, 2.05) is 47.8 Å². The Balaban J connectivity index is 1.44. The molecule has 0 atom stereocenters. The Labute approximate surface area is 176 Å².